The zero-order valence-corrected chi connectivity index (χ0v) is 23.4. The number of nitrogens with zero attached hydrogens (tertiary/aromatic N) is 2. The number of rotatable bonds is 10. The van der Waals surface area contributed by atoms with E-state index in [2.05, 4.69) is 4.90 Å². The second kappa shape index (κ2) is 12.7. The lowest BCUT2D eigenvalue weighted by Crippen LogP contribution is -2.46. The van der Waals surface area contributed by atoms with Crippen LogP contribution in [0.3, 0.4) is 0 Å². The zero-order chi connectivity index (χ0) is 25.5. The van der Waals surface area contributed by atoms with E-state index >= 15 is 0 Å². The van der Waals surface area contributed by atoms with Crippen LogP contribution in [0.15, 0.2) is 69.3 Å². The van der Waals surface area contributed by atoms with Crippen molar-refractivity contribution in [1.82, 2.24) is 9.21 Å². The molecule has 1 fully saturated rings. The Morgan fingerprint density at radius 3 is 2.23 bits per heavy atom. The lowest BCUT2D eigenvalue weighted by atomic mass is 10.00. The number of thioether (sulfide) groups is 1. The van der Waals surface area contributed by atoms with Crippen LogP contribution in [0.1, 0.15) is 27.7 Å². The molecule has 2 aromatic carbocycles. The number of hydrogen-bond donors (Lipinski definition) is 0. The van der Waals surface area contributed by atoms with Crippen LogP contribution in [0.5, 0.6) is 0 Å². The molecule has 1 atom stereocenters. The van der Waals surface area contributed by atoms with Crippen molar-refractivity contribution in [2.24, 2.45) is 5.41 Å². The molecule has 1 saturated heterocycles. The number of sulfonamides is 1. The third-order valence-corrected chi connectivity index (χ3v) is 10.3. The van der Waals surface area contributed by atoms with Gasteiger partial charge in [-0.3, -0.25) is 9.69 Å². The first-order valence-electron chi connectivity index (χ1n) is 11.9. The van der Waals surface area contributed by atoms with E-state index in [4.69, 9.17) is 4.74 Å². The highest BCUT2D eigenvalue weighted by atomic mass is 32.2. The molecule has 0 radical (unpaired) electrons. The fourth-order valence-electron chi connectivity index (χ4n) is 3.58. The van der Waals surface area contributed by atoms with Crippen LogP contribution in [0.4, 0.5) is 0 Å². The lowest BCUT2D eigenvalue weighted by Gasteiger charge is -2.32. The van der Waals surface area contributed by atoms with Gasteiger partial charge in [-0.2, -0.15) is 4.31 Å². The Bertz CT molecular complexity index is 1050. The lowest BCUT2D eigenvalue weighted by molar-refractivity contribution is -0.117. The molecule has 3 rings (SSSR count). The van der Waals surface area contributed by atoms with Crippen LogP contribution in [-0.2, 0) is 19.6 Å². The third kappa shape index (κ3) is 8.33. The van der Waals surface area contributed by atoms with Gasteiger partial charge in [0.2, 0.25) is 10.0 Å². The maximum Gasteiger partial charge on any atom is 0.243 e. The number of carbonyl (C=O) groups is 1. The molecule has 0 bridgehead atoms. The van der Waals surface area contributed by atoms with E-state index in [1.165, 1.54) is 11.8 Å². The van der Waals surface area contributed by atoms with Crippen molar-refractivity contribution < 1.29 is 17.9 Å². The molecule has 35 heavy (non-hydrogen) atoms. The molecule has 1 aliphatic heterocycles. The maximum atomic E-state index is 13.7. The van der Waals surface area contributed by atoms with Gasteiger partial charge >= 0.3 is 0 Å². The molecule has 0 N–H and O–H groups in total. The summed E-state index contributed by atoms with van der Waals surface area (Å²) in [6, 6.07) is 16.7. The Morgan fingerprint density at radius 2 is 1.63 bits per heavy atom. The average molecular weight is 537 g/mol. The predicted molar refractivity (Wildman–Crippen MR) is 145 cm³/mol. The first-order chi connectivity index (χ1) is 16.6. The van der Waals surface area contributed by atoms with Gasteiger partial charge in [-0.05, 0) is 43.3 Å². The molecule has 0 amide bonds. The fraction of sp³-hybridized carbons (Fsp3) is 0.500. The fourth-order valence-corrected chi connectivity index (χ4v) is 7.14. The Hall–Kier alpha value is -1.36. The van der Waals surface area contributed by atoms with Gasteiger partial charge < -0.3 is 4.74 Å². The maximum absolute atomic E-state index is 13.7. The number of benzene rings is 2. The quantitative estimate of drug-likeness (QED) is 0.430. The second-order valence-corrected chi connectivity index (χ2v) is 13.7. The van der Waals surface area contributed by atoms with Crippen LogP contribution in [0, 0.1) is 5.41 Å². The van der Waals surface area contributed by atoms with Gasteiger partial charge in [-0.1, -0.05) is 62.5 Å². The van der Waals surface area contributed by atoms with Crippen LogP contribution < -0.4 is 0 Å². The molecule has 1 aliphatic rings. The minimum Gasteiger partial charge on any atom is -0.379 e. The van der Waals surface area contributed by atoms with E-state index in [9.17, 15) is 13.2 Å². The Morgan fingerprint density at radius 1 is 1.03 bits per heavy atom. The highest BCUT2D eigenvalue weighted by Gasteiger charge is 2.31. The largest absolute Gasteiger partial charge is 0.379 e. The van der Waals surface area contributed by atoms with Crippen LogP contribution in [-0.4, -0.2) is 73.9 Å². The highest BCUT2D eigenvalue weighted by Crippen LogP contribution is 2.30. The van der Waals surface area contributed by atoms with Gasteiger partial charge in [0.15, 0.2) is 5.12 Å². The molecule has 0 saturated carbocycles. The summed E-state index contributed by atoms with van der Waals surface area (Å²) in [5, 5.41) is 0.0668. The summed E-state index contributed by atoms with van der Waals surface area (Å²) < 4.78 is 34.5. The summed E-state index contributed by atoms with van der Waals surface area (Å²) in [5.41, 5.74) is -0.464. The monoisotopic (exact) mass is 536 g/mol. The topological polar surface area (TPSA) is 66.9 Å². The molecule has 1 heterocycles. The van der Waals surface area contributed by atoms with E-state index in [1.54, 1.807) is 28.2 Å². The van der Waals surface area contributed by atoms with Gasteiger partial charge in [-0.25, -0.2) is 8.42 Å². The number of morpholine rings is 1. The molecule has 192 valence electrons. The van der Waals surface area contributed by atoms with Crippen LogP contribution in [0.2, 0.25) is 0 Å². The van der Waals surface area contributed by atoms with Crippen molar-refractivity contribution >= 4 is 38.7 Å². The summed E-state index contributed by atoms with van der Waals surface area (Å²) in [6.07, 6.45) is 0. The normalized spacial score (nSPS) is 16.4. The minimum atomic E-state index is -3.73. The summed E-state index contributed by atoms with van der Waals surface area (Å²) in [7, 11) is -3.73. The van der Waals surface area contributed by atoms with Crippen molar-refractivity contribution in [3.8, 4) is 0 Å². The van der Waals surface area contributed by atoms with Crippen molar-refractivity contribution in [2.75, 3.05) is 45.1 Å². The van der Waals surface area contributed by atoms with Crippen molar-refractivity contribution in [3.05, 3.63) is 54.6 Å². The van der Waals surface area contributed by atoms with Gasteiger partial charge in [0, 0.05) is 53.2 Å². The van der Waals surface area contributed by atoms with Crippen molar-refractivity contribution in [3.63, 3.8) is 0 Å². The summed E-state index contributed by atoms with van der Waals surface area (Å²) in [6.45, 7) is 11.5. The van der Waals surface area contributed by atoms with E-state index in [-0.39, 0.29) is 16.1 Å². The van der Waals surface area contributed by atoms with E-state index in [0.717, 1.165) is 22.9 Å². The molecule has 0 unspecified atom stereocenters. The standard InChI is InChI=1S/C26H36N2O4S3/c1-21(20-33-25(29)26(2,3)4)28(15-14-27-16-18-32-19-17-27)35(30,31)24-12-10-23(11-13-24)34-22-8-6-5-7-9-22/h5-13,21H,14-20H2,1-4H3/t21-/m1/s1. The molecular formula is C26H36N2O4S3. The first-order valence-corrected chi connectivity index (χ1v) is 15.1. The molecule has 2 aromatic rings. The molecule has 0 aromatic heterocycles. The molecule has 6 nitrogen and oxygen atoms in total. The average Bonchev–Trinajstić information content (AvgIpc) is 2.83. The number of carbonyl (C=O) groups excluding carboxylic acids is 1. The molecule has 0 spiro atoms. The smallest absolute Gasteiger partial charge is 0.243 e. The summed E-state index contributed by atoms with van der Waals surface area (Å²) >= 11 is 2.81. The SMILES string of the molecule is C[C@H](CSC(=O)C(C)(C)C)N(CCN1CCOCC1)S(=O)(=O)c1ccc(Sc2ccccc2)cc1. The predicted octanol–water partition coefficient (Wildman–Crippen LogP) is 4.86. The van der Waals surface area contributed by atoms with Gasteiger partial charge in [0.1, 0.15) is 0 Å². The van der Waals surface area contributed by atoms with Crippen LogP contribution in [0.25, 0.3) is 0 Å². The second-order valence-electron chi connectivity index (χ2n) is 9.65. The van der Waals surface area contributed by atoms with Crippen molar-refractivity contribution in [1.29, 1.82) is 0 Å². The minimum absolute atomic E-state index is 0.0668. The highest BCUT2D eigenvalue weighted by molar-refractivity contribution is 8.13. The summed E-state index contributed by atoms with van der Waals surface area (Å²) in [5.74, 6) is 0.417. The van der Waals surface area contributed by atoms with E-state index in [0.29, 0.717) is 32.1 Å². The number of hydrogen-bond acceptors (Lipinski definition) is 7. The Labute approximate surface area is 218 Å². The zero-order valence-electron chi connectivity index (χ0n) is 21.0. The number of ether oxygens (including phenoxy) is 1. The Kier molecular flexibility index (Phi) is 10.3. The molecule has 9 heteroatoms. The van der Waals surface area contributed by atoms with E-state index < -0.39 is 15.4 Å². The van der Waals surface area contributed by atoms with E-state index in [1.807, 2.05) is 70.2 Å². The van der Waals surface area contributed by atoms with Gasteiger partial charge in [0.25, 0.3) is 0 Å². The van der Waals surface area contributed by atoms with Crippen LogP contribution >= 0.6 is 23.5 Å². The van der Waals surface area contributed by atoms with Gasteiger partial charge in [-0.15, -0.1) is 0 Å². The molecular weight excluding hydrogens is 500 g/mol. The summed E-state index contributed by atoms with van der Waals surface area (Å²) in [4.78, 5) is 17.1. The third-order valence-electron chi connectivity index (χ3n) is 5.71. The van der Waals surface area contributed by atoms with Crippen molar-refractivity contribution in [2.45, 2.75) is 48.4 Å². The Balaban J connectivity index is 1.76. The first kappa shape index (κ1) is 28.2. The molecule has 0 aliphatic carbocycles. The van der Waals surface area contributed by atoms with Gasteiger partial charge in [0.05, 0.1) is 18.1 Å².